The van der Waals surface area contributed by atoms with Gasteiger partial charge in [-0.2, -0.15) is 0 Å². The van der Waals surface area contributed by atoms with Gasteiger partial charge in [0, 0.05) is 0 Å². The normalized spacial score (nSPS) is 14.1. The number of imide groups is 1. The van der Waals surface area contributed by atoms with Gasteiger partial charge in [0.1, 0.15) is 18.1 Å². The Hall–Kier alpha value is -3.93. The average molecular weight is 550 g/mol. The predicted octanol–water partition coefficient (Wildman–Crippen LogP) is 3.07. The predicted molar refractivity (Wildman–Crippen MR) is 126 cm³/mol. The van der Waals surface area contributed by atoms with E-state index < -0.39 is 36.2 Å². The molecule has 4 amide bonds. The number of anilines is 1. The fraction of sp³-hybridized carbons (Fsp3) is 0.217. The van der Waals surface area contributed by atoms with E-state index in [2.05, 4.69) is 26.6 Å². The van der Waals surface area contributed by atoms with Gasteiger partial charge < -0.3 is 24.8 Å². The third-order valence-corrected chi connectivity index (χ3v) is 5.20. The van der Waals surface area contributed by atoms with Gasteiger partial charge in [-0.25, -0.2) is 18.9 Å². The summed E-state index contributed by atoms with van der Waals surface area (Å²) in [5.41, 5.74) is 0.309. The van der Waals surface area contributed by atoms with E-state index in [0.29, 0.717) is 14.9 Å². The van der Waals surface area contributed by atoms with Crippen LogP contribution in [0.3, 0.4) is 0 Å². The third kappa shape index (κ3) is 6.35. The molecule has 0 saturated carbocycles. The summed E-state index contributed by atoms with van der Waals surface area (Å²) in [5.74, 6) is -2.17. The van der Waals surface area contributed by atoms with Gasteiger partial charge >= 0.3 is 12.0 Å². The molecule has 10 nitrogen and oxygen atoms in total. The van der Waals surface area contributed by atoms with Crippen LogP contribution in [0, 0.1) is 5.82 Å². The van der Waals surface area contributed by atoms with Gasteiger partial charge in [-0.05, 0) is 58.8 Å². The van der Waals surface area contributed by atoms with Gasteiger partial charge in [-0.15, -0.1) is 0 Å². The summed E-state index contributed by atoms with van der Waals surface area (Å²) in [6.45, 7) is 0.955. The van der Waals surface area contributed by atoms with Crippen LogP contribution in [0.25, 0.3) is 6.08 Å². The van der Waals surface area contributed by atoms with Crippen LogP contribution in [0.2, 0.25) is 0 Å². The largest absolute Gasteiger partial charge is 0.493 e. The zero-order valence-corrected chi connectivity index (χ0v) is 20.3. The lowest BCUT2D eigenvalue weighted by Gasteiger charge is -2.13. The number of hydrogen-bond donors (Lipinski definition) is 2. The molecule has 2 aromatic rings. The van der Waals surface area contributed by atoms with Gasteiger partial charge in [0.25, 0.3) is 5.91 Å². The lowest BCUT2D eigenvalue weighted by atomic mass is 10.1. The minimum atomic E-state index is -0.801. The number of hydrogen-bond acceptors (Lipinski definition) is 7. The molecule has 35 heavy (non-hydrogen) atoms. The molecule has 3 rings (SSSR count). The average Bonchev–Trinajstić information content (AvgIpc) is 3.07. The van der Waals surface area contributed by atoms with Crippen molar-refractivity contribution in [1.82, 2.24) is 10.2 Å². The minimum absolute atomic E-state index is 0.0671. The van der Waals surface area contributed by atoms with E-state index in [0.717, 1.165) is 0 Å². The standard InChI is InChI=1S/C23H21BrFN3O7/c1-3-34-20(30)12-35-21-14(24)8-13(10-18(21)33-2)9-17-22(31)28(23(32)27-17)11-19(29)26-16-7-5-4-6-15(16)25/h4-10H,3,11-12H2,1-2H3,(H,26,29)(H,27,32)/b17-9+. The number of carbonyl (C=O) groups excluding carboxylic acids is 4. The second-order valence-corrected chi connectivity index (χ2v) is 7.89. The maximum Gasteiger partial charge on any atom is 0.344 e. The Labute approximate surface area is 208 Å². The van der Waals surface area contributed by atoms with Crippen LogP contribution < -0.4 is 20.1 Å². The van der Waals surface area contributed by atoms with Crippen molar-refractivity contribution in [3.63, 3.8) is 0 Å². The number of esters is 1. The molecule has 2 aromatic carbocycles. The topological polar surface area (TPSA) is 123 Å². The molecular formula is C23H21BrFN3O7. The molecule has 0 aromatic heterocycles. The number of benzene rings is 2. The number of para-hydroxylation sites is 1. The van der Waals surface area contributed by atoms with E-state index >= 15 is 0 Å². The van der Waals surface area contributed by atoms with Gasteiger partial charge in [0.2, 0.25) is 5.91 Å². The second-order valence-electron chi connectivity index (χ2n) is 7.04. The van der Waals surface area contributed by atoms with Crippen molar-refractivity contribution in [3.8, 4) is 11.5 Å². The summed E-state index contributed by atoms with van der Waals surface area (Å²) in [4.78, 5) is 49.5. The lowest BCUT2D eigenvalue weighted by Crippen LogP contribution is -2.38. The van der Waals surface area contributed by atoms with Crippen molar-refractivity contribution < 1.29 is 37.8 Å². The molecular weight excluding hydrogens is 529 g/mol. The molecule has 0 spiro atoms. The molecule has 0 bridgehead atoms. The highest BCUT2D eigenvalue weighted by Crippen LogP contribution is 2.37. The summed E-state index contributed by atoms with van der Waals surface area (Å²) in [5, 5.41) is 4.73. The lowest BCUT2D eigenvalue weighted by molar-refractivity contribution is -0.145. The monoisotopic (exact) mass is 549 g/mol. The number of nitrogens with zero attached hydrogens (tertiary/aromatic N) is 1. The summed E-state index contributed by atoms with van der Waals surface area (Å²) < 4.78 is 29.8. The van der Waals surface area contributed by atoms with Crippen LogP contribution >= 0.6 is 15.9 Å². The Morgan fingerprint density at radius 3 is 2.66 bits per heavy atom. The number of carbonyl (C=O) groups is 4. The van der Waals surface area contributed by atoms with Crippen molar-refractivity contribution in [2.75, 3.05) is 32.2 Å². The fourth-order valence-electron chi connectivity index (χ4n) is 3.07. The Bertz CT molecular complexity index is 1200. The van der Waals surface area contributed by atoms with Crippen LogP contribution in [0.1, 0.15) is 12.5 Å². The van der Waals surface area contributed by atoms with Gasteiger partial charge in [-0.1, -0.05) is 12.1 Å². The van der Waals surface area contributed by atoms with E-state index in [4.69, 9.17) is 14.2 Å². The molecule has 0 radical (unpaired) electrons. The molecule has 0 aliphatic carbocycles. The highest BCUT2D eigenvalue weighted by atomic mass is 79.9. The van der Waals surface area contributed by atoms with Crippen molar-refractivity contribution in [1.29, 1.82) is 0 Å². The SMILES string of the molecule is CCOC(=O)COc1c(Br)cc(/C=C2/NC(=O)N(CC(=O)Nc3ccccc3F)C2=O)cc1OC. The van der Waals surface area contributed by atoms with Crippen molar-refractivity contribution >= 4 is 51.5 Å². The molecule has 1 fully saturated rings. The Kier molecular flexibility index (Phi) is 8.42. The Morgan fingerprint density at radius 2 is 1.97 bits per heavy atom. The summed E-state index contributed by atoms with van der Waals surface area (Å²) in [6.07, 6.45) is 1.39. The molecule has 0 atom stereocenters. The highest BCUT2D eigenvalue weighted by Gasteiger charge is 2.35. The summed E-state index contributed by atoms with van der Waals surface area (Å²) >= 11 is 3.33. The highest BCUT2D eigenvalue weighted by molar-refractivity contribution is 9.10. The van der Waals surface area contributed by atoms with Crippen molar-refractivity contribution in [2.24, 2.45) is 0 Å². The maximum absolute atomic E-state index is 13.7. The molecule has 1 aliphatic rings. The molecule has 184 valence electrons. The Balaban J connectivity index is 1.73. The smallest absolute Gasteiger partial charge is 0.344 e. The minimum Gasteiger partial charge on any atom is -0.493 e. The second kappa shape index (κ2) is 11.5. The van der Waals surface area contributed by atoms with E-state index in [9.17, 15) is 23.6 Å². The first-order chi connectivity index (χ1) is 16.7. The van der Waals surface area contributed by atoms with Crippen LogP contribution in [0.5, 0.6) is 11.5 Å². The number of halogens is 2. The molecule has 1 heterocycles. The van der Waals surface area contributed by atoms with E-state index in [1.165, 1.54) is 43.5 Å². The van der Waals surface area contributed by atoms with Crippen LogP contribution in [-0.2, 0) is 19.1 Å². The first-order valence-corrected chi connectivity index (χ1v) is 11.1. The number of rotatable bonds is 9. The molecule has 1 saturated heterocycles. The van der Waals surface area contributed by atoms with Crippen LogP contribution in [-0.4, -0.2) is 55.6 Å². The quantitative estimate of drug-likeness (QED) is 0.280. The number of nitrogens with one attached hydrogen (secondary N) is 2. The summed E-state index contributed by atoms with van der Waals surface area (Å²) in [6, 6.07) is 7.84. The maximum atomic E-state index is 13.7. The summed E-state index contributed by atoms with van der Waals surface area (Å²) in [7, 11) is 1.40. The van der Waals surface area contributed by atoms with Gasteiger partial charge in [0.15, 0.2) is 18.1 Å². The first-order valence-electron chi connectivity index (χ1n) is 10.3. The number of methoxy groups -OCH3 is 1. The number of urea groups is 1. The number of ether oxygens (including phenoxy) is 3. The van der Waals surface area contributed by atoms with E-state index in [1.807, 2.05) is 0 Å². The molecule has 1 aliphatic heterocycles. The molecule has 12 heteroatoms. The van der Waals surface area contributed by atoms with Crippen LogP contribution in [0.4, 0.5) is 14.9 Å². The first kappa shape index (κ1) is 25.7. The van der Waals surface area contributed by atoms with Gasteiger partial charge in [0.05, 0.1) is 23.9 Å². The number of amides is 4. The van der Waals surface area contributed by atoms with Crippen LogP contribution in [0.15, 0.2) is 46.6 Å². The van der Waals surface area contributed by atoms with E-state index in [1.54, 1.807) is 13.0 Å². The zero-order valence-electron chi connectivity index (χ0n) is 18.7. The third-order valence-electron chi connectivity index (χ3n) is 4.61. The van der Waals surface area contributed by atoms with Gasteiger partial charge in [-0.3, -0.25) is 9.59 Å². The van der Waals surface area contributed by atoms with Crippen molar-refractivity contribution in [3.05, 3.63) is 57.9 Å². The molecule has 2 N–H and O–H groups in total. The molecule has 0 unspecified atom stereocenters. The fourth-order valence-corrected chi connectivity index (χ4v) is 3.65. The van der Waals surface area contributed by atoms with Crippen molar-refractivity contribution in [2.45, 2.75) is 6.92 Å². The van der Waals surface area contributed by atoms with E-state index in [-0.39, 0.29) is 36.1 Å². The zero-order chi connectivity index (χ0) is 25.5. The Morgan fingerprint density at radius 1 is 1.23 bits per heavy atom.